The van der Waals surface area contributed by atoms with Crippen molar-refractivity contribution in [1.82, 2.24) is 4.90 Å². The molecule has 0 aromatic heterocycles. The molecule has 110 valence electrons. The van der Waals surface area contributed by atoms with Crippen molar-refractivity contribution in [3.05, 3.63) is 35.1 Å². The van der Waals surface area contributed by atoms with Crippen molar-refractivity contribution in [1.29, 1.82) is 0 Å². The zero-order chi connectivity index (χ0) is 15.2. The van der Waals surface area contributed by atoms with Gasteiger partial charge in [-0.15, -0.1) is 0 Å². The SMILES string of the molecule is C[C@H]1[C@@H](c2cc(F)c(F)c(F)c2)OC(=O)N1C(C)(C)C. The highest BCUT2D eigenvalue weighted by Gasteiger charge is 2.45. The van der Waals surface area contributed by atoms with Gasteiger partial charge >= 0.3 is 6.09 Å². The predicted octanol–water partition coefficient (Wildman–Crippen LogP) is 3.78. The molecule has 2 atom stereocenters. The Hall–Kier alpha value is -1.72. The minimum atomic E-state index is -1.53. The van der Waals surface area contributed by atoms with Gasteiger partial charge in [-0.3, -0.25) is 4.90 Å². The first-order valence-electron chi connectivity index (χ1n) is 6.27. The molecule has 1 saturated heterocycles. The van der Waals surface area contributed by atoms with Crippen molar-refractivity contribution < 1.29 is 22.7 Å². The van der Waals surface area contributed by atoms with Crippen LogP contribution in [-0.4, -0.2) is 22.6 Å². The van der Waals surface area contributed by atoms with Crippen molar-refractivity contribution in [2.45, 2.75) is 45.4 Å². The van der Waals surface area contributed by atoms with E-state index in [-0.39, 0.29) is 5.56 Å². The van der Waals surface area contributed by atoms with E-state index in [1.807, 2.05) is 20.8 Å². The molecule has 0 bridgehead atoms. The van der Waals surface area contributed by atoms with Crippen LogP contribution < -0.4 is 0 Å². The van der Waals surface area contributed by atoms with E-state index >= 15 is 0 Å². The zero-order valence-electron chi connectivity index (χ0n) is 11.7. The number of cyclic esters (lactones) is 1. The minimum absolute atomic E-state index is 0.106. The average Bonchev–Trinajstić information content (AvgIpc) is 2.60. The van der Waals surface area contributed by atoms with Gasteiger partial charge in [0.2, 0.25) is 0 Å². The Morgan fingerprint density at radius 2 is 1.65 bits per heavy atom. The molecule has 1 aromatic rings. The first-order valence-corrected chi connectivity index (χ1v) is 6.27. The first kappa shape index (κ1) is 14.7. The first-order chi connectivity index (χ1) is 9.12. The second kappa shape index (κ2) is 4.68. The fourth-order valence-electron chi connectivity index (χ4n) is 2.54. The van der Waals surface area contributed by atoms with Crippen LogP contribution in [0.15, 0.2) is 12.1 Å². The summed E-state index contributed by atoms with van der Waals surface area (Å²) >= 11 is 0. The number of nitrogens with zero attached hydrogens (tertiary/aromatic N) is 1. The van der Waals surface area contributed by atoms with Crippen LogP contribution >= 0.6 is 0 Å². The third-order valence-corrected chi connectivity index (χ3v) is 3.33. The summed E-state index contributed by atoms with van der Waals surface area (Å²) in [5.41, 5.74) is -0.378. The van der Waals surface area contributed by atoms with Crippen molar-refractivity contribution in [2.24, 2.45) is 0 Å². The van der Waals surface area contributed by atoms with Gasteiger partial charge in [-0.25, -0.2) is 18.0 Å². The molecule has 1 fully saturated rings. The highest BCUT2D eigenvalue weighted by atomic mass is 19.2. The van der Waals surface area contributed by atoms with Crippen LogP contribution in [0.1, 0.15) is 39.4 Å². The molecule has 1 aromatic carbocycles. The fourth-order valence-corrected chi connectivity index (χ4v) is 2.54. The van der Waals surface area contributed by atoms with E-state index in [0.29, 0.717) is 0 Å². The Balaban J connectivity index is 2.39. The van der Waals surface area contributed by atoms with Crippen molar-refractivity contribution in [3.8, 4) is 0 Å². The van der Waals surface area contributed by atoms with Gasteiger partial charge < -0.3 is 4.74 Å². The van der Waals surface area contributed by atoms with Crippen LogP contribution in [0.4, 0.5) is 18.0 Å². The molecular formula is C14H16F3NO2. The Morgan fingerprint density at radius 3 is 2.05 bits per heavy atom. The lowest BCUT2D eigenvalue weighted by molar-refractivity contribution is 0.119. The molecule has 1 aliphatic rings. The lowest BCUT2D eigenvalue weighted by Gasteiger charge is -2.33. The van der Waals surface area contributed by atoms with Gasteiger partial charge in [0.1, 0.15) is 6.10 Å². The Morgan fingerprint density at radius 1 is 1.15 bits per heavy atom. The van der Waals surface area contributed by atoms with Crippen molar-refractivity contribution in [2.75, 3.05) is 0 Å². The summed E-state index contributed by atoms with van der Waals surface area (Å²) in [6, 6.07) is 1.31. The molecule has 3 nitrogen and oxygen atoms in total. The topological polar surface area (TPSA) is 29.5 Å². The summed E-state index contributed by atoms with van der Waals surface area (Å²) in [6.45, 7) is 7.22. The van der Waals surface area contributed by atoms with Gasteiger partial charge in [0.25, 0.3) is 0 Å². The number of carbonyl (C=O) groups excluding carboxylic acids is 1. The molecule has 0 N–H and O–H groups in total. The van der Waals surface area contributed by atoms with Crippen LogP contribution in [0.2, 0.25) is 0 Å². The van der Waals surface area contributed by atoms with Gasteiger partial charge in [0.05, 0.1) is 6.04 Å². The summed E-state index contributed by atoms with van der Waals surface area (Å²) in [5.74, 6) is -4.12. The normalized spacial score (nSPS) is 23.1. The molecule has 0 aliphatic carbocycles. The van der Waals surface area contributed by atoms with Crippen LogP contribution in [-0.2, 0) is 4.74 Å². The van der Waals surface area contributed by atoms with E-state index in [1.54, 1.807) is 6.92 Å². The van der Waals surface area contributed by atoms with Crippen LogP contribution in [0.3, 0.4) is 0 Å². The number of rotatable bonds is 1. The second-order valence-electron chi connectivity index (χ2n) is 5.88. The number of carbonyl (C=O) groups is 1. The predicted molar refractivity (Wildman–Crippen MR) is 66.6 cm³/mol. The standard InChI is InChI=1S/C14H16F3NO2/c1-7-12(20-13(19)18(7)14(2,3)4)8-5-9(15)11(17)10(16)6-8/h5-7,12H,1-4H3/t7-,12-/m0/s1. The maximum absolute atomic E-state index is 13.3. The molecule has 1 amide bonds. The summed E-state index contributed by atoms with van der Waals surface area (Å²) in [4.78, 5) is 13.4. The number of hydrogen-bond donors (Lipinski definition) is 0. The summed E-state index contributed by atoms with van der Waals surface area (Å²) in [7, 11) is 0. The Bertz CT molecular complexity index is 531. The van der Waals surface area contributed by atoms with Gasteiger partial charge in [-0.1, -0.05) is 0 Å². The maximum Gasteiger partial charge on any atom is 0.411 e. The Kier molecular flexibility index (Phi) is 3.44. The number of halogens is 3. The fraction of sp³-hybridized carbons (Fsp3) is 0.500. The molecule has 0 unspecified atom stereocenters. The van der Waals surface area contributed by atoms with Gasteiger partial charge in [-0.2, -0.15) is 0 Å². The lowest BCUT2D eigenvalue weighted by atomic mass is 9.98. The zero-order valence-corrected chi connectivity index (χ0v) is 11.7. The van der Waals surface area contributed by atoms with Gasteiger partial charge in [-0.05, 0) is 39.8 Å². The highest BCUT2D eigenvalue weighted by molar-refractivity contribution is 5.72. The molecule has 1 aliphatic heterocycles. The molecular weight excluding hydrogens is 271 g/mol. The average molecular weight is 287 g/mol. The van der Waals surface area contributed by atoms with E-state index < -0.39 is 41.2 Å². The number of ether oxygens (including phenoxy) is 1. The summed E-state index contributed by atoms with van der Waals surface area (Å²) in [5, 5.41) is 0. The van der Waals surface area contributed by atoms with Crippen LogP contribution in [0.25, 0.3) is 0 Å². The molecule has 0 spiro atoms. The number of benzene rings is 1. The molecule has 1 heterocycles. The quantitative estimate of drug-likeness (QED) is 0.736. The molecule has 2 rings (SSSR count). The van der Waals surface area contributed by atoms with Crippen molar-refractivity contribution in [3.63, 3.8) is 0 Å². The largest absolute Gasteiger partial charge is 0.439 e. The smallest absolute Gasteiger partial charge is 0.411 e. The van der Waals surface area contributed by atoms with E-state index in [4.69, 9.17) is 4.74 Å². The second-order valence-corrected chi connectivity index (χ2v) is 5.88. The monoisotopic (exact) mass is 287 g/mol. The highest BCUT2D eigenvalue weighted by Crippen LogP contribution is 2.37. The van der Waals surface area contributed by atoms with Crippen LogP contribution in [0.5, 0.6) is 0 Å². The molecule has 6 heteroatoms. The van der Waals surface area contributed by atoms with E-state index in [0.717, 1.165) is 12.1 Å². The summed E-state index contributed by atoms with van der Waals surface area (Å²) in [6.07, 6.45) is -1.38. The third kappa shape index (κ3) is 2.34. The third-order valence-electron chi connectivity index (χ3n) is 3.33. The van der Waals surface area contributed by atoms with Gasteiger partial charge in [0, 0.05) is 11.1 Å². The summed E-state index contributed by atoms with van der Waals surface area (Å²) < 4.78 is 44.7. The number of hydrogen-bond acceptors (Lipinski definition) is 2. The van der Waals surface area contributed by atoms with E-state index in [2.05, 4.69) is 0 Å². The minimum Gasteiger partial charge on any atom is -0.439 e. The van der Waals surface area contributed by atoms with E-state index in [1.165, 1.54) is 4.90 Å². The molecule has 0 radical (unpaired) electrons. The lowest BCUT2D eigenvalue weighted by Crippen LogP contribution is -2.46. The number of amides is 1. The van der Waals surface area contributed by atoms with E-state index in [9.17, 15) is 18.0 Å². The Labute approximate surface area is 115 Å². The van der Waals surface area contributed by atoms with Crippen molar-refractivity contribution >= 4 is 6.09 Å². The maximum atomic E-state index is 13.3. The van der Waals surface area contributed by atoms with Crippen LogP contribution in [0, 0.1) is 17.5 Å². The molecule has 0 saturated carbocycles. The van der Waals surface area contributed by atoms with Gasteiger partial charge in [0.15, 0.2) is 17.5 Å². The molecule has 20 heavy (non-hydrogen) atoms.